The molecule has 1 saturated heterocycles. The lowest BCUT2D eigenvalue weighted by molar-refractivity contribution is 0.215. The van der Waals surface area contributed by atoms with Gasteiger partial charge in [0.1, 0.15) is 12.1 Å². The van der Waals surface area contributed by atoms with Crippen LogP contribution in [0, 0.1) is 6.92 Å². The van der Waals surface area contributed by atoms with Crippen LogP contribution >= 0.6 is 0 Å². The van der Waals surface area contributed by atoms with Crippen molar-refractivity contribution in [3.8, 4) is 0 Å². The Bertz CT molecular complexity index is 817. The third-order valence-corrected chi connectivity index (χ3v) is 4.11. The molecule has 0 bridgehead atoms. The number of aryl methyl sites for hydroxylation is 2. The van der Waals surface area contributed by atoms with Crippen molar-refractivity contribution in [3.63, 3.8) is 0 Å². The normalized spacial score (nSPS) is 16.3. The molecule has 0 spiro atoms. The first kappa shape index (κ1) is 14.1. The molecular formula is C14H18N8O. The minimum atomic E-state index is 0.674. The van der Waals surface area contributed by atoms with Crippen molar-refractivity contribution in [3.05, 3.63) is 24.2 Å². The van der Waals surface area contributed by atoms with Gasteiger partial charge in [-0.15, -0.1) is 0 Å². The number of fused-ring (bicyclic) bond motifs is 1. The van der Waals surface area contributed by atoms with Crippen LogP contribution in [-0.2, 0) is 13.6 Å². The Morgan fingerprint density at radius 1 is 1.17 bits per heavy atom. The van der Waals surface area contributed by atoms with E-state index in [2.05, 4.69) is 35.0 Å². The van der Waals surface area contributed by atoms with Gasteiger partial charge in [0, 0.05) is 33.2 Å². The van der Waals surface area contributed by atoms with Crippen molar-refractivity contribution in [2.45, 2.75) is 13.5 Å². The van der Waals surface area contributed by atoms with Crippen LogP contribution in [0.2, 0.25) is 0 Å². The van der Waals surface area contributed by atoms with Crippen LogP contribution in [0.3, 0.4) is 0 Å². The van der Waals surface area contributed by atoms with Crippen molar-refractivity contribution in [1.29, 1.82) is 0 Å². The Hall–Kier alpha value is -2.55. The quantitative estimate of drug-likeness (QED) is 0.685. The summed E-state index contributed by atoms with van der Waals surface area (Å²) < 4.78 is 6.96. The van der Waals surface area contributed by atoms with E-state index in [0.717, 1.165) is 43.0 Å². The second kappa shape index (κ2) is 5.58. The summed E-state index contributed by atoms with van der Waals surface area (Å²) in [6.45, 7) is 6.17. The van der Waals surface area contributed by atoms with E-state index < -0.39 is 0 Å². The molecule has 23 heavy (non-hydrogen) atoms. The largest absolute Gasteiger partial charge is 0.353 e. The number of hydrogen-bond donors (Lipinski definition) is 0. The van der Waals surface area contributed by atoms with Gasteiger partial charge in [-0.2, -0.15) is 10.1 Å². The summed E-state index contributed by atoms with van der Waals surface area (Å²) in [4.78, 5) is 17.6. The molecule has 3 aromatic heterocycles. The Morgan fingerprint density at radius 2 is 2.00 bits per heavy atom. The molecule has 1 aliphatic heterocycles. The third kappa shape index (κ3) is 2.63. The first-order chi connectivity index (χ1) is 11.2. The van der Waals surface area contributed by atoms with E-state index in [1.807, 2.05) is 20.2 Å². The zero-order valence-corrected chi connectivity index (χ0v) is 13.2. The van der Waals surface area contributed by atoms with Crippen LogP contribution < -0.4 is 4.90 Å². The fourth-order valence-corrected chi connectivity index (χ4v) is 2.92. The van der Waals surface area contributed by atoms with E-state index >= 15 is 0 Å². The first-order valence-electron chi connectivity index (χ1n) is 7.60. The molecule has 9 heteroatoms. The van der Waals surface area contributed by atoms with Gasteiger partial charge in [0.25, 0.3) is 0 Å². The zero-order valence-electron chi connectivity index (χ0n) is 13.2. The average molecular weight is 314 g/mol. The van der Waals surface area contributed by atoms with Crippen LogP contribution in [0.1, 0.15) is 11.7 Å². The van der Waals surface area contributed by atoms with Crippen molar-refractivity contribution in [2.75, 3.05) is 31.1 Å². The maximum absolute atomic E-state index is 5.19. The van der Waals surface area contributed by atoms with Crippen molar-refractivity contribution in [1.82, 2.24) is 34.8 Å². The molecule has 1 fully saturated rings. The lowest BCUT2D eigenvalue weighted by Crippen LogP contribution is -2.46. The SMILES string of the molecule is Cc1noc(CN2CCN(c3ncnc4c3cnn4C)CC2)n1. The molecule has 0 N–H and O–H groups in total. The van der Waals surface area contributed by atoms with Gasteiger partial charge in [0.05, 0.1) is 18.1 Å². The summed E-state index contributed by atoms with van der Waals surface area (Å²) in [7, 11) is 1.89. The molecule has 4 heterocycles. The van der Waals surface area contributed by atoms with Crippen molar-refractivity contribution in [2.24, 2.45) is 7.05 Å². The zero-order chi connectivity index (χ0) is 15.8. The number of nitrogens with zero attached hydrogens (tertiary/aromatic N) is 8. The Labute approximate surface area is 132 Å². The Balaban J connectivity index is 1.46. The van der Waals surface area contributed by atoms with Gasteiger partial charge < -0.3 is 9.42 Å². The molecule has 0 aromatic carbocycles. The average Bonchev–Trinajstić information content (AvgIpc) is 3.14. The van der Waals surface area contributed by atoms with Gasteiger partial charge >= 0.3 is 0 Å². The first-order valence-corrected chi connectivity index (χ1v) is 7.60. The van der Waals surface area contributed by atoms with Crippen LogP contribution in [0.5, 0.6) is 0 Å². The van der Waals surface area contributed by atoms with Gasteiger partial charge in [-0.1, -0.05) is 5.16 Å². The fourth-order valence-electron chi connectivity index (χ4n) is 2.92. The number of anilines is 1. The summed E-state index contributed by atoms with van der Waals surface area (Å²) in [5.41, 5.74) is 0.860. The molecule has 0 amide bonds. The second-order valence-corrected chi connectivity index (χ2v) is 5.70. The van der Waals surface area contributed by atoms with Gasteiger partial charge in [-0.3, -0.25) is 9.58 Å². The number of hydrogen-bond acceptors (Lipinski definition) is 8. The van der Waals surface area contributed by atoms with Crippen LogP contribution in [0.25, 0.3) is 11.0 Å². The lowest BCUT2D eigenvalue weighted by atomic mass is 10.3. The molecule has 120 valence electrons. The molecule has 0 radical (unpaired) electrons. The highest BCUT2D eigenvalue weighted by molar-refractivity contribution is 5.86. The number of aromatic nitrogens is 6. The molecule has 0 atom stereocenters. The van der Waals surface area contributed by atoms with Crippen LogP contribution in [0.15, 0.2) is 17.0 Å². The van der Waals surface area contributed by atoms with E-state index in [9.17, 15) is 0 Å². The van der Waals surface area contributed by atoms with Gasteiger partial charge in [0.15, 0.2) is 11.5 Å². The molecule has 1 aliphatic rings. The van der Waals surface area contributed by atoms with Crippen molar-refractivity contribution >= 4 is 16.9 Å². The molecule has 4 rings (SSSR count). The molecule has 0 saturated carbocycles. The summed E-state index contributed by atoms with van der Waals surface area (Å²) >= 11 is 0. The maximum atomic E-state index is 5.19. The summed E-state index contributed by atoms with van der Waals surface area (Å²) in [6, 6.07) is 0. The molecule has 0 aliphatic carbocycles. The highest BCUT2D eigenvalue weighted by atomic mass is 16.5. The standard InChI is InChI=1S/C14H18N8O/c1-10-18-12(23-19-10)8-21-3-5-22(6-4-21)14-11-7-17-20(2)13(11)15-9-16-14/h7,9H,3-6,8H2,1-2H3. The van der Waals surface area contributed by atoms with Crippen molar-refractivity contribution < 1.29 is 4.52 Å². The third-order valence-electron chi connectivity index (χ3n) is 4.11. The summed E-state index contributed by atoms with van der Waals surface area (Å²) in [6.07, 6.45) is 3.44. The number of rotatable bonds is 3. The maximum Gasteiger partial charge on any atom is 0.240 e. The smallest absolute Gasteiger partial charge is 0.240 e. The second-order valence-electron chi connectivity index (χ2n) is 5.70. The van der Waals surface area contributed by atoms with Gasteiger partial charge in [-0.25, -0.2) is 9.97 Å². The molecule has 9 nitrogen and oxygen atoms in total. The topological polar surface area (TPSA) is 89.0 Å². The Morgan fingerprint density at radius 3 is 2.74 bits per heavy atom. The fraction of sp³-hybridized carbons (Fsp3) is 0.500. The predicted molar refractivity (Wildman–Crippen MR) is 82.8 cm³/mol. The van der Waals surface area contributed by atoms with E-state index in [0.29, 0.717) is 18.3 Å². The van der Waals surface area contributed by atoms with E-state index in [4.69, 9.17) is 4.52 Å². The monoisotopic (exact) mass is 314 g/mol. The molecule has 0 unspecified atom stereocenters. The van der Waals surface area contributed by atoms with Gasteiger partial charge in [0.2, 0.25) is 5.89 Å². The van der Waals surface area contributed by atoms with Gasteiger partial charge in [-0.05, 0) is 6.92 Å². The summed E-state index contributed by atoms with van der Waals surface area (Å²) in [5.74, 6) is 2.31. The highest BCUT2D eigenvalue weighted by Gasteiger charge is 2.22. The van der Waals surface area contributed by atoms with E-state index in [-0.39, 0.29) is 0 Å². The lowest BCUT2D eigenvalue weighted by Gasteiger charge is -2.34. The minimum Gasteiger partial charge on any atom is -0.353 e. The van der Waals surface area contributed by atoms with E-state index in [1.165, 1.54) is 0 Å². The highest BCUT2D eigenvalue weighted by Crippen LogP contribution is 2.23. The van der Waals surface area contributed by atoms with E-state index in [1.54, 1.807) is 11.0 Å². The summed E-state index contributed by atoms with van der Waals surface area (Å²) in [5, 5.41) is 9.10. The Kier molecular flexibility index (Phi) is 3.41. The van der Waals surface area contributed by atoms with Crippen LogP contribution in [0.4, 0.5) is 5.82 Å². The molecular weight excluding hydrogens is 296 g/mol. The molecule has 3 aromatic rings. The van der Waals surface area contributed by atoms with Crippen LogP contribution in [-0.4, -0.2) is 61.0 Å². The minimum absolute atomic E-state index is 0.674. The number of piperazine rings is 1. The predicted octanol–water partition coefficient (Wildman–Crippen LogP) is 0.377.